The third-order valence-corrected chi connectivity index (χ3v) is 3.31. The van der Waals surface area contributed by atoms with E-state index in [0.29, 0.717) is 11.1 Å². The van der Waals surface area contributed by atoms with Crippen molar-refractivity contribution in [3.63, 3.8) is 0 Å². The van der Waals surface area contributed by atoms with Crippen molar-refractivity contribution >= 4 is 11.9 Å². The van der Waals surface area contributed by atoms with E-state index in [1.807, 2.05) is 42.5 Å². The normalized spacial score (nSPS) is 10.9. The number of hydrazone groups is 1. The zero-order chi connectivity index (χ0) is 16.1. The Balaban J connectivity index is 1.80. The molecule has 0 heterocycles. The number of anilines is 1. The van der Waals surface area contributed by atoms with E-state index in [1.54, 1.807) is 18.3 Å². The summed E-state index contributed by atoms with van der Waals surface area (Å²) in [7, 11) is 0. The van der Waals surface area contributed by atoms with Crippen LogP contribution in [-0.4, -0.2) is 6.21 Å². The number of nitrogens with zero attached hydrogens (tertiary/aromatic N) is 1. The van der Waals surface area contributed by atoms with E-state index in [-0.39, 0.29) is 0 Å². The van der Waals surface area contributed by atoms with Crippen LogP contribution in [0.2, 0.25) is 0 Å². The van der Waals surface area contributed by atoms with E-state index in [9.17, 15) is 8.78 Å². The van der Waals surface area contributed by atoms with Crippen LogP contribution in [0.5, 0.6) is 0 Å². The molecule has 0 saturated heterocycles. The maximum absolute atomic E-state index is 13.9. The van der Waals surface area contributed by atoms with Crippen LogP contribution in [0.25, 0.3) is 11.1 Å². The Labute approximate surface area is 133 Å². The van der Waals surface area contributed by atoms with Crippen molar-refractivity contribution in [1.29, 1.82) is 0 Å². The molecule has 0 aliphatic rings. The Morgan fingerprint density at radius 1 is 0.826 bits per heavy atom. The third kappa shape index (κ3) is 3.80. The number of hydrogen-bond donors (Lipinski definition) is 1. The van der Waals surface area contributed by atoms with Gasteiger partial charge in [0.1, 0.15) is 11.6 Å². The van der Waals surface area contributed by atoms with Gasteiger partial charge in [0.2, 0.25) is 0 Å². The van der Waals surface area contributed by atoms with Crippen LogP contribution in [0.3, 0.4) is 0 Å². The maximum Gasteiger partial charge on any atom is 0.133 e. The first kappa shape index (κ1) is 14.9. The second kappa shape index (κ2) is 6.83. The van der Waals surface area contributed by atoms with Gasteiger partial charge in [-0.2, -0.15) is 5.10 Å². The summed E-state index contributed by atoms with van der Waals surface area (Å²) in [6.07, 6.45) is 1.65. The SMILES string of the molecule is Fc1ccc(-c2cccc(C=NNc3ccccc3)c2)c(F)c1. The first-order chi connectivity index (χ1) is 11.2. The van der Waals surface area contributed by atoms with Crippen LogP contribution in [0, 0.1) is 11.6 Å². The Morgan fingerprint density at radius 2 is 1.65 bits per heavy atom. The van der Waals surface area contributed by atoms with Gasteiger partial charge in [0.05, 0.1) is 11.9 Å². The molecule has 0 bridgehead atoms. The summed E-state index contributed by atoms with van der Waals surface area (Å²) in [6.45, 7) is 0. The van der Waals surface area contributed by atoms with Crippen LogP contribution in [0.1, 0.15) is 5.56 Å². The number of benzene rings is 3. The van der Waals surface area contributed by atoms with E-state index in [0.717, 1.165) is 17.3 Å². The molecule has 3 rings (SSSR count). The maximum atomic E-state index is 13.9. The second-order valence-electron chi connectivity index (χ2n) is 4.99. The van der Waals surface area contributed by atoms with Gasteiger partial charge in [-0.3, -0.25) is 5.43 Å². The van der Waals surface area contributed by atoms with Gasteiger partial charge in [0.15, 0.2) is 0 Å². The fourth-order valence-corrected chi connectivity index (χ4v) is 2.20. The van der Waals surface area contributed by atoms with Gasteiger partial charge in [-0.25, -0.2) is 8.78 Å². The van der Waals surface area contributed by atoms with Crippen LogP contribution in [0.4, 0.5) is 14.5 Å². The zero-order valence-electron chi connectivity index (χ0n) is 12.2. The molecule has 4 heteroatoms. The van der Waals surface area contributed by atoms with E-state index in [2.05, 4.69) is 10.5 Å². The van der Waals surface area contributed by atoms with Gasteiger partial charge in [-0.1, -0.05) is 36.4 Å². The van der Waals surface area contributed by atoms with Crippen molar-refractivity contribution in [2.24, 2.45) is 5.10 Å². The monoisotopic (exact) mass is 308 g/mol. The number of rotatable bonds is 4. The largest absolute Gasteiger partial charge is 0.279 e. The van der Waals surface area contributed by atoms with Gasteiger partial charge >= 0.3 is 0 Å². The molecule has 0 fully saturated rings. The van der Waals surface area contributed by atoms with E-state index in [1.165, 1.54) is 12.1 Å². The Hall–Kier alpha value is -3.01. The summed E-state index contributed by atoms with van der Waals surface area (Å²) in [5.41, 5.74) is 5.64. The number of hydrogen-bond acceptors (Lipinski definition) is 2. The molecule has 114 valence electrons. The molecule has 0 aliphatic heterocycles. The highest BCUT2D eigenvalue weighted by Gasteiger charge is 2.06. The first-order valence-electron chi connectivity index (χ1n) is 7.12. The molecule has 0 aliphatic carbocycles. The van der Waals surface area contributed by atoms with Crippen molar-refractivity contribution in [2.45, 2.75) is 0 Å². The molecular formula is C19H14F2N2. The summed E-state index contributed by atoms with van der Waals surface area (Å²) < 4.78 is 26.9. The molecule has 0 unspecified atom stereocenters. The van der Waals surface area contributed by atoms with Gasteiger partial charge in [0.25, 0.3) is 0 Å². The molecule has 2 nitrogen and oxygen atoms in total. The Morgan fingerprint density at radius 3 is 2.43 bits per heavy atom. The zero-order valence-corrected chi connectivity index (χ0v) is 12.2. The molecule has 3 aromatic rings. The minimum Gasteiger partial charge on any atom is -0.279 e. The van der Waals surface area contributed by atoms with Crippen molar-refractivity contribution in [3.05, 3.63) is 90.0 Å². The Bertz CT molecular complexity index is 830. The summed E-state index contributed by atoms with van der Waals surface area (Å²) in [5.74, 6) is -1.17. The van der Waals surface area contributed by atoms with Crippen LogP contribution < -0.4 is 5.43 Å². The third-order valence-electron chi connectivity index (χ3n) is 3.31. The van der Waals surface area contributed by atoms with E-state index >= 15 is 0 Å². The number of halogens is 2. The molecule has 1 N–H and O–H groups in total. The molecular weight excluding hydrogens is 294 g/mol. The van der Waals surface area contributed by atoms with E-state index in [4.69, 9.17) is 0 Å². The highest BCUT2D eigenvalue weighted by Crippen LogP contribution is 2.24. The molecule has 0 atom stereocenters. The predicted molar refractivity (Wildman–Crippen MR) is 89.5 cm³/mol. The highest BCUT2D eigenvalue weighted by atomic mass is 19.1. The average molecular weight is 308 g/mol. The van der Waals surface area contributed by atoms with Crippen molar-refractivity contribution in [3.8, 4) is 11.1 Å². The lowest BCUT2D eigenvalue weighted by atomic mass is 10.0. The number of para-hydroxylation sites is 1. The number of nitrogens with one attached hydrogen (secondary N) is 1. The Kier molecular flexibility index (Phi) is 4.43. The van der Waals surface area contributed by atoms with Crippen molar-refractivity contribution < 1.29 is 8.78 Å². The molecule has 0 saturated carbocycles. The summed E-state index contributed by atoms with van der Waals surface area (Å²) in [4.78, 5) is 0. The lowest BCUT2D eigenvalue weighted by Crippen LogP contribution is -1.91. The fraction of sp³-hybridized carbons (Fsp3) is 0. The van der Waals surface area contributed by atoms with Crippen LogP contribution in [-0.2, 0) is 0 Å². The summed E-state index contributed by atoms with van der Waals surface area (Å²) in [5, 5.41) is 4.15. The minimum absolute atomic E-state index is 0.359. The van der Waals surface area contributed by atoms with Gasteiger partial charge in [-0.15, -0.1) is 0 Å². The molecule has 3 aromatic carbocycles. The van der Waals surface area contributed by atoms with Gasteiger partial charge in [0, 0.05) is 11.6 Å². The average Bonchev–Trinajstić information content (AvgIpc) is 2.56. The van der Waals surface area contributed by atoms with Crippen LogP contribution >= 0.6 is 0 Å². The highest BCUT2D eigenvalue weighted by molar-refractivity contribution is 5.83. The smallest absolute Gasteiger partial charge is 0.133 e. The summed E-state index contributed by atoms with van der Waals surface area (Å²) in [6, 6.07) is 20.4. The fourth-order valence-electron chi connectivity index (χ4n) is 2.20. The molecule has 23 heavy (non-hydrogen) atoms. The minimum atomic E-state index is -0.587. The van der Waals surface area contributed by atoms with Crippen molar-refractivity contribution in [2.75, 3.05) is 5.43 Å². The van der Waals surface area contributed by atoms with Crippen LogP contribution in [0.15, 0.2) is 77.9 Å². The molecule has 0 spiro atoms. The van der Waals surface area contributed by atoms with Crippen molar-refractivity contribution in [1.82, 2.24) is 0 Å². The topological polar surface area (TPSA) is 24.4 Å². The van der Waals surface area contributed by atoms with Gasteiger partial charge < -0.3 is 0 Å². The van der Waals surface area contributed by atoms with E-state index < -0.39 is 11.6 Å². The quantitative estimate of drug-likeness (QED) is 0.527. The standard InChI is InChI=1S/C19H14F2N2/c20-16-9-10-18(19(21)12-16)15-6-4-5-14(11-15)13-22-23-17-7-2-1-3-8-17/h1-13,23H. The first-order valence-corrected chi connectivity index (χ1v) is 7.12. The molecule has 0 amide bonds. The lowest BCUT2D eigenvalue weighted by Gasteiger charge is -2.05. The predicted octanol–water partition coefficient (Wildman–Crippen LogP) is 5.08. The molecule has 0 aromatic heterocycles. The summed E-state index contributed by atoms with van der Waals surface area (Å²) >= 11 is 0. The molecule has 0 radical (unpaired) electrons. The second-order valence-corrected chi connectivity index (χ2v) is 4.99. The lowest BCUT2D eigenvalue weighted by molar-refractivity contribution is 0.585. The van der Waals surface area contributed by atoms with Gasteiger partial charge in [-0.05, 0) is 41.5 Å².